The molecule has 3 N–H and O–H groups in total. The van der Waals surface area contributed by atoms with Crippen molar-refractivity contribution in [3.05, 3.63) is 48.6 Å². The van der Waals surface area contributed by atoms with Crippen molar-refractivity contribution < 1.29 is 20.1 Å². The molecule has 0 aliphatic carbocycles. The lowest BCUT2D eigenvalue weighted by Crippen LogP contribution is -2.03. The molecule has 0 saturated heterocycles. The first-order valence-electron chi connectivity index (χ1n) is 8.80. The van der Waals surface area contributed by atoms with E-state index in [1.807, 2.05) is 36.5 Å². The average Bonchev–Trinajstić information content (AvgIpc) is 2.53. The molecule has 4 heteroatoms. The van der Waals surface area contributed by atoms with Crippen LogP contribution in [0.1, 0.15) is 58.3 Å². The number of hydrogen-bond acceptors (Lipinski definition) is 3. The summed E-state index contributed by atoms with van der Waals surface area (Å²) < 4.78 is 0. The lowest BCUT2D eigenvalue weighted by atomic mass is 10.1. The molecule has 2 atom stereocenters. The Labute approximate surface area is 145 Å². The third kappa shape index (κ3) is 16.7. The number of carboxylic acids is 1. The van der Waals surface area contributed by atoms with Gasteiger partial charge in [-0.05, 0) is 25.7 Å². The monoisotopic (exact) mass is 336 g/mol. The molecule has 0 aromatic carbocycles. The third-order valence-electron chi connectivity index (χ3n) is 3.43. The van der Waals surface area contributed by atoms with Crippen molar-refractivity contribution >= 4 is 5.97 Å². The fourth-order valence-corrected chi connectivity index (χ4v) is 2.04. The molecule has 0 radical (unpaired) electrons. The molecule has 136 valence electrons. The van der Waals surface area contributed by atoms with Crippen molar-refractivity contribution in [2.45, 2.75) is 70.5 Å². The minimum atomic E-state index is -0.833. The fraction of sp³-hybridized carbons (Fsp3) is 0.550. The summed E-state index contributed by atoms with van der Waals surface area (Å²) in [6.45, 7) is 2.15. The fourth-order valence-electron chi connectivity index (χ4n) is 2.04. The molecule has 0 amide bonds. The highest BCUT2D eigenvalue weighted by Gasteiger charge is 2.01. The van der Waals surface area contributed by atoms with Gasteiger partial charge in [-0.3, -0.25) is 4.79 Å². The topological polar surface area (TPSA) is 77.8 Å². The maximum absolute atomic E-state index is 10.3. The predicted octanol–water partition coefficient (Wildman–Crippen LogP) is 4.16. The van der Waals surface area contributed by atoms with Crippen LogP contribution in [0.3, 0.4) is 0 Å². The van der Waals surface area contributed by atoms with Gasteiger partial charge in [0.15, 0.2) is 0 Å². The van der Waals surface area contributed by atoms with Crippen LogP contribution in [0, 0.1) is 0 Å². The van der Waals surface area contributed by atoms with Crippen LogP contribution >= 0.6 is 0 Å². The van der Waals surface area contributed by atoms with Crippen LogP contribution in [0.25, 0.3) is 0 Å². The van der Waals surface area contributed by atoms with E-state index in [1.54, 1.807) is 12.2 Å². The Hall–Kier alpha value is -1.65. The van der Waals surface area contributed by atoms with Crippen molar-refractivity contribution in [3.8, 4) is 0 Å². The van der Waals surface area contributed by atoms with Gasteiger partial charge in [0.25, 0.3) is 0 Å². The molecular weight excluding hydrogens is 304 g/mol. The Kier molecular flexibility index (Phi) is 15.1. The van der Waals surface area contributed by atoms with Crippen LogP contribution in [-0.2, 0) is 4.79 Å². The maximum Gasteiger partial charge on any atom is 0.303 e. The van der Waals surface area contributed by atoms with Crippen LogP contribution in [0.15, 0.2) is 48.6 Å². The van der Waals surface area contributed by atoms with Gasteiger partial charge in [-0.2, -0.15) is 0 Å². The van der Waals surface area contributed by atoms with Gasteiger partial charge in [0.1, 0.15) is 0 Å². The van der Waals surface area contributed by atoms with Crippen LogP contribution in [0.4, 0.5) is 0 Å². The van der Waals surface area contributed by atoms with Crippen LogP contribution in [-0.4, -0.2) is 33.5 Å². The van der Waals surface area contributed by atoms with Crippen molar-refractivity contribution in [1.82, 2.24) is 0 Å². The summed E-state index contributed by atoms with van der Waals surface area (Å²) in [6.07, 6.45) is 19.9. The van der Waals surface area contributed by atoms with Gasteiger partial charge < -0.3 is 15.3 Å². The van der Waals surface area contributed by atoms with Gasteiger partial charge in [-0.25, -0.2) is 0 Å². The number of aliphatic carboxylic acids is 1. The highest BCUT2D eigenvalue weighted by molar-refractivity contribution is 5.66. The molecule has 0 saturated carbocycles. The van der Waals surface area contributed by atoms with Gasteiger partial charge in [-0.15, -0.1) is 0 Å². The van der Waals surface area contributed by atoms with E-state index in [1.165, 1.54) is 0 Å². The van der Waals surface area contributed by atoms with E-state index in [0.717, 1.165) is 32.1 Å². The second-order valence-electron chi connectivity index (χ2n) is 5.78. The van der Waals surface area contributed by atoms with Crippen LogP contribution in [0.2, 0.25) is 0 Å². The zero-order valence-corrected chi connectivity index (χ0v) is 14.7. The van der Waals surface area contributed by atoms with Crippen molar-refractivity contribution in [2.24, 2.45) is 0 Å². The maximum atomic E-state index is 10.3. The van der Waals surface area contributed by atoms with E-state index in [2.05, 4.69) is 6.92 Å². The summed E-state index contributed by atoms with van der Waals surface area (Å²) >= 11 is 0. The normalized spacial score (nSPS) is 15.1. The molecule has 0 aromatic heterocycles. The van der Waals surface area contributed by atoms with Gasteiger partial charge in [-0.1, -0.05) is 74.8 Å². The Bertz CT molecular complexity index is 421. The summed E-state index contributed by atoms with van der Waals surface area (Å²) in [5, 5.41) is 27.8. The molecule has 0 rings (SSSR count). The summed E-state index contributed by atoms with van der Waals surface area (Å²) in [5.74, 6) is -0.833. The second kappa shape index (κ2) is 16.2. The molecule has 2 unspecified atom stereocenters. The highest BCUT2D eigenvalue weighted by Crippen LogP contribution is 2.04. The number of allylic oxidation sites excluding steroid dienone is 6. The van der Waals surface area contributed by atoms with Crippen LogP contribution < -0.4 is 0 Å². The summed E-state index contributed by atoms with van der Waals surface area (Å²) in [6, 6.07) is 0. The number of rotatable bonds is 14. The Balaban J connectivity index is 3.75. The number of aliphatic hydroxyl groups excluding tert-OH is 2. The molecule has 4 nitrogen and oxygen atoms in total. The number of aliphatic hydroxyl groups is 2. The molecule has 0 aliphatic heterocycles. The summed E-state index contributed by atoms with van der Waals surface area (Å²) in [5.41, 5.74) is 0. The molecular formula is C20H32O4. The number of carboxylic acid groups (broad SMARTS) is 1. The summed E-state index contributed by atoms with van der Waals surface area (Å²) in [7, 11) is 0. The van der Waals surface area contributed by atoms with E-state index >= 15 is 0 Å². The highest BCUT2D eigenvalue weighted by atomic mass is 16.4. The number of hydrogen-bond donors (Lipinski definition) is 3. The standard InChI is InChI=1S/C20H32O4/c1-2-3-9-13-18(21)14-10-7-5-4-6-8-11-15-19(22)16-12-17-20(23)24/h5-8,10-11,14-15,18-19,21-22H,2-4,9,12-13,16-17H2,1H3,(H,23,24)/b7-5-,8-6-,14-10+,15-11+. The Morgan fingerprint density at radius 3 is 1.92 bits per heavy atom. The van der Waals surface area contributed by atoms with E-state index < -0.39 is 12.1 Å². The lowest BCUT2D eigenvalue weighted by Gasteiger charge is -2.02. The van der Waals surface area contributed by atoms with Gasteiger partial charge in [0, 0.05) is 6.42 Å². The van der Waals surface area contributed by atoms with E-state index in [4.69, 9.17) is 5.11 Å². The molecule has 0 heterocycles. The largest absolute Gasteiger partial charge is 0.481 e. The first-order chi connectivity index (χ1) is 11.6. The minimum absolute atomic E-state index is 0.0896. The molecule has 0 fully saturated rings. The lowest BCUT2D eigenvalue weighted by molar-refractivity contribution is -0.137. The average molecular weight is 336 g/mol. The molecule has 0 aliphatic rings. The first kappa shape index (κ1) is 22.4. The molecule has 24 heavy (non-hydrogen) atoms. The first-order valence-corrected chi connectivity index (χ1v) is 8.80. The minimum Gasteiger partial charge on any atom is -0.481 e. The second-order valence-corrected chi connectivity index (χ2v) is 5.78. The smallest absolute Gasteiger partial charge is 0.303 e. The Morgan fingerprint density at radius 1 is 0.875 bits per heavy atom. The van der Waals surface area contributed by atoms with Crippen LogP contribution in [0.5, 0.6) is 0 Å². The third-order valence-corrected chi connectivity index (χ3v) is 3.43. The quantitative estimate of drug-likeness (QED) is 0.329. The number of unbranched alkanes of at least 4 members (excludes halogenated alkanes) is 2. The van der Waals surface area contributed by atoms with Crippen molar-refractivity contribution in [1.29, 1.82) is 0 Å². The summed E-state index contributed by atoms with van der Waals surface area (Å²) in [4.78, 5) is 10.3. The SMILES string of the molecule is CCCCCC(O)/C=C/C=C\C/C=C\C=C\C(O)CCCC(=O)O. The number of carbonyl (C=O) groups is 1. The van der Waals surface area contributed by atoms with E-state index in [-0.39, 0.29) is 12.5 Å². The zero-order chi connectivity index (χ0) is 18.0. The molecule has 0 aromatic rings. The van der Waals surface area contributed by atoms with Gasteiger partial charge in [0.2, 0.25) is 0 Å². The van der Waals surface area contributed by atoms with E-state index in [0.29, 0.717) is 12.8 Å². The predicted molar refractivity (Wildman–Crippen MR) is 98.8 cm³/mol. The zero-order valence-electron chi connectivity index (χ0n) is 14.7. The molecule has 0 bridgehead atoms. The molecule has 0 spiro atoms. The Morgan fingerprint density at radius 2 is 1.42 bits per heavy atom. The van der Waals surface area contributed by atoms with Gasteiger partial charge in [0.05, 0.1) is 12.2 Å². The van der Waals surface area contributed by atoms with E-state index in [9.17, 15) is 15.0 Å². The van der Waals surface area contributed by atoms with Crippen molar-refractivity contribution in [2.75, 3.05) is 0 Å². The van der Waals surface area contributed by atoms with Gasteiger partial charge >= 0.3 is 5.97 Å². The van der Waals surface area contributed by atoms with Crippen molar-refractivity contribution in [3.63, 3.8) is 0 Å².